The van der Waals surface area contributed by atoms with E-state index >= 15 is 0 Å². The Labute approximate surface area is 71.8 Å². The van der Waals surface area contributed by atoms with Crippen LogP contribution in [-0.4, -0.2) is 12.0 Å². The van der Waals surface area contributed by atoms with Gasteiger partial charge in [-0.2, -0.15) is 0 Å². The predicted octanol–water partition coefficient (Wildman–Crippen LogP) is 0.964. The number of H-pyrrole nitrogens is 1. The highest BCUT2D eigenvalue weighted by Gasteiger charge is 2.05. The normalized spacial score (nSPS) is 12.9. The van der Waals surface area contributed by atoms with Gasteiger partial charge in [-0.3, -0.25) is 4.79 Å². The number of aromatic amines is 1. The molecule has 1 atom stereocenters. The van der Waals surface area contributed by atoms with Crippen LogP contribution in [0.2, 0.25) is 0 Å². The van der Waals surface area contributed by atoms with Gasteiger partial charge in [0.25, 0.3) is 5.56 Å². The van der Waals surface area contributed by atoms with Crippen molar-refractivity contribution >= 4 is 0 Å². The second-order valence-electron chi connectivity index (χ2n) is 2.94. The number of pyridine rings is 1. The number of aryl methyl sites for hydroxylation is 1. The molecule has 2 N–H and O–H groups in total. The molecule has 12 heavy (non-hydrogen) atoms. The van der Waals surface area contributed by atoms with Crippen LogP contribution in [0.1, 0.15) is 24.2 Å². The van der Waals surface area contributed by atoms with E-state index in [1.807, 2.05) is 33.0 Å². The Morgan fingerprint density at radius 3 is 2.67 bits per heavy atom. The van der Waals surface area contributed by atoms with E-state index in [2.05, 4.69) is 10.3 Å². The van der Waals surface area contributed by atoms with E-state index in [-0.39, 0.29) is 11.6 Å². The molecule has 3 nitrogen and oxygen atoms in total. The maximum atomic E-state index is 11.3. The van der Waals surface area contributed by atoms with E-state index in [4.69, 9.17) is 0 Å². The minimum absolute atomic E-state index is 0.00292. The van der Waals surface area contributed by atoms with E-state index < -0.39 is 0 Å². The van der Waals surface area contributed by atoms with Crippen LogP contribution in [0.3, 0.4) is 0 Å². The smallest absolute Gasteiger partial charge is 0.252 e. The third kappa shape index (κ3) is 1.74. The Morgan fingerprint density at radius 2 is 2.17 bits per heavy atom. The molecule has 66 valence electrons. The van der Waals surface area contributed by atoms with E-state index in [1.165, 1.54) is 0 Å². The van der Waals surface area contributed by atoms with E-state index in [0.717, 1.165) is 11.3 Å². The van der Waals surface area contributed by atoms with Crippen molar-refractivity contribution in [1.82, 2.24) is 10.3 Å². The second-order valence-corrected chi connectivity index (χ2v) is 2.94. The fourth-order valence-corrected chi connectivity index (χ4v) is 1.08. The highest BCUT2D eigenvalue weighted by molar-refractivity contribution is 5.16. The molecule has 0 aliphatic heterocycles. The Morgan fingerprint density at radius 1 is 1.50 bits per heavy atom. The van der Waals surface area contributed by atoms with Gasteiger partial charge in [0.2, 0.25) is 0 Å². The lowest BCUT2D eigenvalue weighted by Gasteiger charge is -2.08. The fraction of sp³-hybridized carbons (Fsp3) is 0.444. The topological polar surface area (TPSA) is 44.9 Å². The van der Waals surface area contributed by atoms with Crippen molar-refractivity contribution in [3.8, 4) is 0 Å². The molecule has 0 bridgehead atoms. The number of hydrogen-bond acceptors (Lipinski definition) is 2. The van der Waals surface area contributed by atoms with Gasteiger partial charge in [0.15, 0.2) is 0 Å². The van der Waals surface area contributed by atoms with Gasteiger partial charge in [-0.05, 0) is 27.0 Å². The molecule has 0 amide bonds. The molecule has 0 aliphatic carbocycles. The van der Waals surface area contributed by atoms with E-state index in [1.54, 1.807) is 0 Å². The molecule has 0 aliphatic rings. The van der Waals surface area contributed by atoms with Gasteiger partial charge in [0.05, 0.1) is 0 Å². The lowest BCUT2D eigenvalue weighted by atomic mass is 10.1. The summed E-state index contributed by atoms with van der Waals surface area (Å²) in [5, 5.41) is 3.02. The zero-order valence-electron chi connectivity index (χ0n) is 7.64. The molecule has 0 spiro atoms. The summed E-state index contributed by atoms with van der Waals surface area (Å²) in [6.45, 7) is 3.83. The average molecular weight is 166 g/mol. The summed E-state index contributed by atoms with van der Waals surface area (Å²) in [7, 11) is 1.84. The molecule has 1 aromatic heterocycles. The number of nitrogens with one attached hydrogen (secondary N) is 2. The van der Waals surface area contributed by atoms with Gasteiger partial charge < -0.3 is 10.3 Å². The van der Waals surface area contributed by atoms with Crippen LogP contribution in [0.4, 0.5) is 0 Å². The van der Waals surface area contributed by atoms with Crippen molar-refractivity contribution in [1.29, 1.82) is 0 Å². The third-order valence-corrected chi connectivity index (χ3v) is 1.99. The SMILES string of the molecule is CN[C@@H](C)c1ccc(C)[nH]c1=O. The Balaban J connectivity index is 3.10. The van der Waals surface area contributed by atoms with Gasteiger partial charge in [0, 0.05) is 17.3 Å². The summed E-state index contributed by atoms with van der Waals surface area (Å²) in [6.07, 6.45) is 0. The minimum atomic E-state index is -0.00292. The van der Waals surface area contributed by atoms with Crippen molar-refractivity contribution in [2.24, 2.45) is 0 Å². The van der Waals surface area contributed by atoms with Crippen LogP contribution < -0.4 is 10.9 Å². The van der Waals surface area contributed by atoms with Crippen LogP contribution in [-0.2, 0) is 0 Å². The zero-order valence-corrected chi connectivity index (χ0v) is 7.64. The average Bonchev–Trinajstić information content (AvgIpc) is 2.03. The highest BCUT2D eigenvalue weighted by Crippen LogP contribution is 2.04. The first-order valence-corrected chi connectivity index (χ1v) is 4.02. The zero-order chi connectivity index (χ0) is 9.14. The van der Waals surface area contributed by atoms with E-state index in [9.17, 15) is 4.79 Å². The number of aromatic nitrogens is 1. The molecule has 0 saturated carbocycles. The summed E-state index contributed by atoms with van der Waals surface area (Å²) < 4.78 is 0. The quantitative estimate of drug-likeness (QED) is 0.687. The molecule has 1 aromatic rings. The van der Waals surface area contributed by atoms with E-state index in [0.29, 0.717) is 0 Å². The van der Waals surface area contributed by atoms with Crippen LogP contribution >= 0.6 is 0 Å². The lowest BCUT2D eigenvalue weighted by molar-refractivity contribution is 0.643. The minimum Gasteiger partial charge on any atom is -0.326 e. The lowest BCUT2D eigenvalue weighted by Crippen LogP contribution is -2.22. The van der Waals surface area contributed by atoms with Gasteiger partial charge in [-0.15, -0.1) is 0 Å². The molecule has 0 unspecified atom stereocenters. The van der Waals surface area contributed by atoms with Crippen LogP contribution in [0.25, 0.3) is 0 Å². The van der Waals surface area contributed by atoms with Crippen LogP contribution in [0.5, 0.6) is 0 Å². The maximum Gasteiger partial charge on any atom is 0.252 e. The van der Waals surface area contributed by atoms with Gasteiger partial charge in [0.1, 0.15) is 0 Å². The highest BCUT2D eigenvalue weighted by atomic mass is 16.1. The molecule has 1 rings (SSSR count). The van der Waals surface area contributed by atoms with Gasteiger partial charge in [-0.1, -0.05) is 6.07 Å². The summed E-state index contributed by atoms with van der Waals surface area (Å²) >= 11 is 0. The molecule has 0 aromatic carbocycles. The fourth-order valence-electron chi connectivity index (χ4n) is 1.08. The van der Waals surface area contributed by atoms with Gasteiger partial charge in [-0.25, -0.2) is 0 Å². The third-order valence-electron chi connectivity index (χ3n) is 1.99. The standard InChI is InChI=1S/C9H14N2O/c1-6-4-5-8(7(2)10-3)9(12)11-6/h4-5,7,10H,1-3H3,(H,11,12)/t7-/m0/s1. The van der Waals surface area contributed by atoms with Crippen molar-refractivity contribution in [2.75, 3.05) is 7.05 Å². The van der Waals surface area contributed by atoms with Crippen molar-refractivity contribution in [3.05, 3.63) is 33.7 Å². The number of rotatable bonds is 2. The summed E-state index contributed by atoms with van der Waals surface area (Å²) in [4.78, 5) is 14.1. The molecule has 1 heterocycles. The Bertz CT molecular complexity index is 317. The van der Waals surface area contributed by atoms with Crippen LogP contribution in [0, 0.1) is 6.92 Å². The predicted molar refractivity (Wildman–Crippen MR) is 49.3 cm³/mol. The summed E-state index contributed by atoms with van der Waals surface area (Å²) in [5.41, 5.74) is 1.67. The largest absolute Gasteiger partial charge is 0.326 e. The summed E-state index contributed by atoms with van der Waals surface area (Å²) in [5.74, 6) is 0. The number of hydrogen-bond donors (Lipinski definition) is 2. The first-order chi connectivity index (χ1) is 5.65. The molecule has 3 heteroatoms. The first kappa shape index (κ1) is 9.00. The van der Waals surface area contributed by atoms with Gasteiger partial charge >= 0.3 is 0 Å². The second kappa shape index (κ2) is 3.54. The molecule has 0 saturated heterocycles. The summed E-state index contributed by atoms with van der Waals surface area (Å²) in [6, 6.07) is 3.87. The first-order valence-electron chi connectivity index (χ1n) is 4.02. The van der Waals surface area contributed by atoms with Crippen molar-refractivity contribution in [2.45, 2.75) is 19.9 Å². The molecule has 0 fully saturated rings. The monoisotopic (exact) mass is 166 g/mol. The Hall–Kier alpha value is -1.09. The molecular weight excluding hydrogens is 152 g/mol. The van der Waals surface area contributed by atoms with Crippen molar-refractivity contribution < 1.29 is 0 Å². The maximum absolute atomic E-state index is 11.3. The van der Waals surface area contributed by atoms with Crippen molar-refractivity contribution in [3.63, 3.8) is 0 Å². The van der Waals surface area contributed by atoms with Crippen LogP contribution in [0.15, 0.2) is 16.9 Å². The molecular formula is C9H14N2O. The molecule has 0 radical (unpaired) electrons. The Kier molecular flexibility index (Phi) is 2.65.